The van der Waals surface area contributed by atoms with Crippen LogP contribution in [0.2, 0.25) is 0 Å². The minimum Gasteiger partial charge on any atom is -0.312 e. The number of nitrogens with zero attached hydrogens (tertiary/aromatic N) is 2. The van der Waals surface area contributed by atoms with Crippen LogP contribution in [0.25, 0.3) is 0 Å². The molecule has 0 atom stereocenters. The Balaban J connectivity index is 2.17. The average molecular weight is 266 g/mol. The molecule has 4 nitrogen and oxygen atoms in total. The van der Waals surface area contributed by atoms with Crippen molar-refractivity contribution in [3.63, 3.8) is 0 Å². The van der Waals surface area contributed by atoms with Gasteiger partial charge in [0, 0.05) is 18.7 Å². The van der Waals surface area contributed by atoms with Crippen molar-refractivity contribution < 1.29 is 9.59 Å². The van der Waals surface area contributed by atoms with E-state index in [1.807, 2.05) is 54.6 Å². The zero-order valence-electron chi connectivity index (χ0n) is 10.9. The van der Waals surface area contributed by atoms with Gasteiger partial charge in [-0.2, -0.15) is 0 Å². The third kappa shape index (κ3) is 2.05. The molecule has 0 saturated carbocycles. The normalized spacial score (nSPS) is 14.7. The summed E-state index contributed by atoms with van der Waals surface area (Å²) in [6.07, 6.45) is 1.09. The van der Waals surface area contributed by atoms with Crippen LogP contribution in [0, 0.1) is 0 Å². The Bertz CT molecular complexity index is 640. The van der Waals surface area contributed by atoms with E-state index in [1.54, 1.807) is 9.80 Å². The summed E-state index contributed by atoms with van der Waals surface area (Å²) in [5, 5.41) is 0. The quantitative estimate of drug-likeness (QED) is 0.784. The van der Waals surface area contributed by atoms with Crippen molar-refractivity contribution in [3.8, 4) is 0 Å². The molecule has 2 aromatic rings. The highest BCUT2D eigenvalue weighted by Crippen LogP contribution is 2.36. The van der Waals surface area contributed by atoms with Crippen LogP contribution in [0.15, 0.2) is 54.6 Å². The minimum atomic E-state index is -0.00648. The van der Waals surface area contributed by atoms with Gasteiger partial charge in [0.1, 0.15) is 0 Å². The zero-order chi connectivity index (χ0) is 13.9. The zero-order valence-corrected chi connectivity index (χ0v) is 10.9. The van der Waals surface area contributed by atoms with Crippen molar-refractivity contribution in [1.29, 1.82) is 0 Å². The van der Waals surface area contributed by atoms with E-state index in [4.69, 9.17) is 0 Å². The first-order valence-electron chi connectivity index (χ1n) is 6.50. The fourth-order valence-corrected chi connectivity index (χ4v) is 2.45. The van der Waals surface area contributed by atoms with E-state index >= 15 is 0 Å². The van der Waals surface area contributed by atoms with Crippen molar-refractivity contribution in [2.24, 2.45) is 0 Å². The number of carbonyl (C=O) groups is 2. The molecule has 0 aromatic heterocycles. The molecule has 0 bridgehead atoms. The van der Waals surface area contributed by atoms with E-state index in [1.165, 1.54) is 0 Å². The topological polar surface area (TPSA) is 40.6 Å². The Hall–Kier alpha value is -2.62. The predicted molar refractivity (Wildman–Crippen MR) is 78.1 cm³/mol. The van der Waals surface area contributed by atoms with E-state index in [9.17, 15) is 9.59 Å². The summed E-state index contributed by atoms with van der Waals surface area (Å²) in [7, 11) is 0. The number of para-hydroxylation sites is 3. The number of hydrogen-bond acceptors (Lipinski definition) is 2. The number of fused-ring (bicyclic) bond motifs is 1. The second-order valence-electron chi connectivity index (χ2n) is 4.60. The fourth-order valence-electron chi connectivity index (χ4n) is 2.45. The molecule has 20 heavy (non-hydrogen) atoms. The molecule has 0 unspecified atom stereocenters. The van der Waals surface area contributed by atoms with Gasteiger partial charge in [0.05, 0.1) is 11.4 Å². The van der Waals surface area contributed by atoms with E-state index in [2.05, 4.69) is 0 Å². The van der Waals surface area contributed by atoms with Crippen LogP contribution in [-0.2, 0) is 9.59 Å². The number of hydrogen-bond donors (Lipinski definition) is 0. The molecule has 0 spiro atoms. The Kier molecular flexibility index (Phi) is 3.21. The molecule has 4 heteroatoms. The summed E-state index contributed by atoms with van der Waals surface area (Å²) < 4.78 is 0. The maximum Gasteiger partial charge on any atom is 0.233 e. The minimum absolute atomic E-state index is 0.00648. The lowest BCUT2D eigenvalue weighted by atomic mass is 10.2. The van der Waals surface area contributed by atoms with Gasteiger partial charge >= 0.3 is 0 Å². The number of carbonyl (C=O) groups excluding carboxylic acids is 2. The summed E-state index contributed by atoms with van der Waals surface area (Å²) in [6, 6.07) is 17.0. The van der Waals surface area contributed by atoms with Crippen molar-refractivity contribution in [1.82, 2.24) is 0 Å². The van der Waals surface area contributed by atoms with Gasteiger partial charge in [-0.1, -0.05) is 30.3 Å². The summed E-state index contributed by atoms with van der Waals surface area (Å²) in [5.41, 5.74) is 2.32. The van der Waals surface area contributed by atoms with Gasteiger partial charge in [-0.25, -0.2) is 0 Å². The van der Waals surface area contributed by atoms with Crippen LogP contribution in [0.1, 0.15) is 6.42 Å². The average Bonchev–Trinajstić information content (AvgIpc) is 2.64. The molecule has 1 heterocycles. The van der Waals surface area contributed by atoms with Gasteiger partial charge in [-0.3, -0.25) is 14.5 Å². The third-order valence-electron chi connectivity index (χ3n) is 3.39. The predicted octanol–water partition coefficient (Wildman–Crippen LogP) is 2.72. The molecule has 2 amide bonds. The monoisotopic (exact) mass is 266 g/mol. The third-order valence-corrected chi connectivity index (χ3v) is 3.39. The molecule has 100 valence electrons. The van der Waals surface area contributed by atoms with E-state index in [0.717, 1.165) is 23.5 Å². The summed E-state index contributed by atoms with van der Waals surface area (Å²) in [5.74, 6) is -0.00648. The maximum absolute atomic E-state index is 12.4. The van der Waals surface area contributed by atoms with Gasteiger partial charge in [-0.15, -0.1) is 0 Å². The molecule has 1 aliphatic rings. The lowest BCUT2D eigenvalue weighted by molar-refractivity contribution is -0.117. The lowest BCUT2D eigenvalue weighted by Gasteiger charge is -2.23. The second-order valence-corrected chi connectivity index (χ2v) is 4.60. The summed E-state index contributed by atoms with van der Waals surface area (Å²) in [6.45, 7) is 0.405. The Morgan fingerprint density at radius 3 is 2.25 bits per heavy atom. The molecule has 1 aliphatic heterocycles. The van der Waals surface area contributed by atoms with Crippen LogP contribution in [-0.4, -0.2) is 18.9 Å². The van der Waals surface area contributed by atoms with Crippen LogP contribution in [0.3, 0.4) is 0 Å². The van der Waals surface area contributed by atoms with Crippen LogP contribution < -0.4 is 9.80 Å². The van der Waals surface area contributed by atoms with Crippen molar-refractivity contribution in [3.05, 3.63) is 54.6 Å². The number of anilines is 3. The highest BCUT2D eigenvalue weighted by Gasteiger charge is 2.26. The fraction of sp³-hybridized carbons (Fsp3) is 0.125. The first-order valence-corrected chi connectivity index (χ1v) is 6.50. The Morgan fingerprint density at radius 2 is 1.55 bits per heavy atom. The molecule has 0 fully saturated rings. The molecule has 0 saturated heterocycles. The van der Waals surface area contributed by atoms with E-state index < -0.39 is 0 Å². The van der Waals surface area contributed by atoms with E-state index in [0.29, 0.717) is 13.0 Å². The van der Waals surface area contributed by atoms with Crippen molar-refractivity contribution in [2.75, 3.05) is 16.3 Å². The van der Waals surface area contributed by atoms with Gasteiger partial charge in [0.2, 0.25) is 12.3 Å². The SMILES string of the molecule is O=CN1CCC(=O)N(c2ccccc2)c2ccccc21. The lowest BCUT2D eigenvalue weighted by Crippen LogP contribution is -2.25. The molecule has 0 aliphatic carbocycles. The van der Waals surface area contributed by atoms with Gasteiger partial charge in [0.15, 0.2) is 0 Å². The number of benzene rings is 2. The smallest absolute Gasteiger partial charge is 0.233 e. The van der Waals surface area contributed by atoms with Crippen molar-refractivity contribution in [2.45, 2.75) is 6.42 Å². The second kappa shape index (κ2) is 5.17. The molecule has 2 aromatic carbocycles. The van der Waals surface area contributed by atoms with Crippen LogP contribution >= 0.6 is 0 Å². The highest BCUT2D eigenvalue weighted by atomic mass is 16.2. The van der Waals surface area contributed by atoms with Crippen LogP contribution in [0.5, 0.6) is 0 Å². The molecular weight excluding hydrogens is 252 g/mol. The largest absolute Gasteiger partial charge is 0.312 e. The molecule has 0 N–H and O–H groups in total. The van der Waals surface area contributed by atoms with Gasteiger partial charge < -0.3 is 4.90 Å². The first-order chi connectivity index (χ1) is 9.81. The molecule has 0 radical (unpaired) electrons. The summed E-state index contributed by atoms with van der Waals surface area (Å²) >= 11 is 0. The van der Waals surface area contributed by atoms with E-state index in [-0.39, 0.29) is 5.91 Å². The van der Waals surface area contributed by atoms with Crippen LogP contribution in [0.4, 0.5) is 17.1 Å². The Morgan fingerprint density at radius 1 is 0.900 bits per heavy atom. The molecule has 3 rings (SSSR count). The standard InChI is InChI=1S/C16H14N2O2/c19-12-17-11-10-16(20)18(13-6-2-1-3-7-13)15-9-5-4-8-14(15)17/h1-9,12H,10-11H2. The van der Waals surface area contributed by atoms with Gasteiger partial charge in [0.25, 0.3) is 0 Å². The number of rotatable bonds is 2. The number of amides is 2. The highest BCUT2D eigenvalue weighted by molar-refractivity contribution is 6.06. The van der Waals surface area contributed by atoms with Gasteiger partial charge in [-0.05, 0) is 24.3 Å². The van der Waals surface area contributed by atoms with Crippen molar-refractivity contribution >= 4 is 29.4 Å². The maximum atomic E-state index is 12.4. The first kappa shape index (κ1) is 12.4. The Labute approximate surface area is 117 Å². The molecular formula is C16H14N2O2. The summed E-state index contributed by atoms with van der Waals surface area (Å²) in [4.78, 5) is 26.9.